The molecule has 4 heteroatoms. The van der Waals surface area contributed by atoms with Crippen molar-refractivity contribution in [3.8, 4) is 0 Å². The maximum atomic E-state index is 13.0. The smallest absolute Gasteiger partial charge is 0.251 e. The summed E-state index contributed by atoms with van der Waals surface area (Å²) in [6.45, 7) is 0. The van der Waals surface area contributed by atoms with E-state index in [-0.39, 0.29) is 17.8 Å². The number of hydrogen-bond donors (Lipinski definition) is 2. The van der Waals surface area contributed by atoms with Crippen LogP contribution in [0.25, 0.3) is 0 Å². The van der Waals surface area contributed by atoms with Gasteiger partial charge in [0.1, 0.15) is 5.82 Å². The predicted molar refractivity (Wildman–Crippen MR) is 82.3 cm³/mol. The zero-order valence-electron chi connectivity index (χ0n) is 12.9. The van der Waals surface area contributed by atoms with Crippen LogP contribution < -0.4 is 10.2 Å². The zero-order valence-corrected chi connectivity index (χ0v) is 12.9. The molecule has 22 heavy (non-hydrogen) atoms. The van der Waals surface area contributed by atoms with Gasteiger partial charge in [0.2, 0.25) is 0 Å². The number of fused-ring (bicyclic) bond motifs is 2. The van der Waals surface area contributed by atoms with Crippen molar-refractivity contribution in [2.45, 2.75) is 69.1 Å². The minimum Gasteiger partial charge on any atom is -0.349 e. The number of quaternary nitrogens is 1. The fourth-order valence-corrected chi connectivity index (χ4v) is 4.64. The van der Waals surface area contributed by atoms with Crippen LogP contribution >= 0.6 is 0 Å². The van der Waals surface area contributed by atoms with E-state index in [9.17, 15) is 9.18 Å². The van der Waals surface area contributed by atoms with Crippen molar-refractivity contribution < 1.29 is 14.1 Å². The number of carbonyl (C=O) groups is 1. The summed E-state index contributed by atoms with van der Waals surface area (Å²) in [4.78, 5) is 14.2. The second-order valence-corrected chi connectivity index (χ2v) is 7.25. The van der Waals surface area contributed by atoms with Crippen LogP contribution in [-0.2, 0) is 0 Å². The molecule has 3 aliphatic rings. The summed E-state index contributed by atoms with van der Waals surface area (Å²) in [5.41, 5.74) is 0.559. The molecule has 2 N–H and O–H groups in total. The fourth-order valence-electron chi connectivity index (χ4n) is 4.64. The lowest BCUT2D eigenvalue weighted by Crippen LogP contribution is -3.22. The highest BCUT2D eigenvalue weighted by atomic mass is 19.1. The number of carbonyl (C=O) groups excluding carboxylic acids is 1. The third kappa shape index (κ3) is 2.76. The Labute approximate surface area is 130 Å². The minimum absolute atomic E-state index is 0.0575. The SMILES string of the molecule is O=C(NC1C[C@H]2CCC[C@@H](C1)[NH+]2C1CC1)c1ccc(F)cc1. The van der Waals surface area contributed by atoms with Crippen molar-refractivity contribution >= 4 is 5.91 Å². The molecule has 1 aliphatic carbocycles. The lowest BCUT2D eigenvalue weighted by Gasteiger charge is -2.46. The second-order valence-electron chi connectivity index (χ2n) is 7.25. The fraction of sp³-hybridized carbons (Fsp3) is 0.611. The Morgan fingerprint density at radius 2 is 1.64 bits per heavy atom. The van der Waals surface area contributed by atoms with Crippen molar-refractivity contribution in [2.24, 2.45) is 0 Å². The van der Waals surface area contributed by atoms with Crippen molar-refractivity contribution in [2.75, 3.05) is 0 Å². The summed E-state index contributed by atoms with van der Waals surface area (Å²) in [6.07, 6.45) is 8.98. The number of rotatable bonds is 3. The first-order valence-corrected chi connectivity index (χ1v) is 8.64. The van der Waals surface area contributed by atoms with Gasteiger partial charge in [-0.25, -0.2) is 4.39 Å². The molecular formula is C18H24FN2O+. The maximum Gasteiger partial charge on any atom is 0.251 e. The highest BCUT2D eigenvalue weighted by Gasteiger charge is 2.48. The van der Waals surface area contributed by atoms with E-state index in [2.05, 4.69) is 5.32 Å². The zero-order chi connectivity index (χ0) is 15.1. The van der Waals surface area contributed by atoms with Gasteiger partial charge in [0.15, 0.2) is 0 Å². The Kier molecular flexibility index (Phi) is 3.65. The molecule has 3 fully saturated rings. The molecule has 0 radical (unpaired) electrons. The van der Waals surface area contributed by atoms with E-state index in [4.69, 9.17) is 0 Å². The molecule has 2 aliphatic heterocycles. The number of piperidine rings is 2. The summed E-state index contributed by atoms with van der Waals surface area (Å²) < 4.78 is 13.0. The molecule has 1 amide bonds. The number of benzene rings is 1. The lowest BCUT2D eigenvalue weighted by molar-refractivity contribution is -0.971. The average molecular weight is 303 g/mol. The minimum atomic E-state index is -0.299. The topological polar surface area (TPSA) is 33.5 Å². The van der Waals surface area contributed by atoms with Gasteiger partial charge in [-0.05, 0) is 43.5 Å². The Bertz CT molecular complexity index is 541. The standard InChI is InChI=1S/C18H23FN2O/c19-13-6-4-12(5-7-13)18(22)20-14-10-16-2-1-3-17(11-14)21(16)15-8-9-15/h4-7,14-17H,1-3,8-11H2,(H,20,22)/p+1/t14?,16-,17+. The van der Waals surface area contributed by atoms with E-state index in [1.165, 1.54) is 44.2 Å². The second kappa shape index (κ2) is 5.65. The van der Waals surface area contributed by atoms with Gasteiger partial charge < -0.3 is 10.2 Å². The van der Waals surface area contributed by atoms with Gasteiger partial charge in [-0.3, -0.25) is 4.79 Å². The number of halogens is 1. The summed E-state index contributed by atoms with van der Waals surface area (Å²) in [6, 6.07) is 8.50. The molecule has 0 spiro atoms. The lowest BCUT2D eigenvalue weighted by atomic mass is 9.81. The van der Waals surface area contributed by atoms with Crippen molar-refractivity contribution in [1.29, 1.82) is 0 Å². The summed E-state index contributed by atoms with van der Waals surface area (Å²) >= 11 is 0. The largest absolute Gasteiger partial charge is 0.349 e. The summed E-state index contributed by atoms with van der Waals surface area (Å²) in [7, 11) is 0. The van der Waals surface area contributed by atoms with Gasteiger partial charge in [0, 0.05) is 37.3 Å². The predicted octanol–water partition coefficient (Wildman–Crippen LogP) is 1.69. The number of nitrogens with one attached hydrogen (secondary N) is 2. The molecule has 1 saturated carbocycles. The van der Waals surface area contributed by atoms with Gasteiger partial charge in [0.25, 0.3) is 5.91 Å². The van der Waals surface area contributed by atoms with Gasteiger partial charge in [-0.1, -0.05) is 0 Å². The van der Waals surface area contributed by atoms with Gasteiger partial charge >= 0.3 is 0 Å². The van der Waals surface area contributed by atoms with E-state index >= 15 is 0 Å². The van der Waals surface area contributed by atoms with Crippen molar-refractivity contribution in [3.05, 3.63) is 35.6 Å². The molecule has 2 bridgehead atoms. The molecule has 2 heterocycles. The van der Waals surface area contributed by atoms with Gasteiger partial charge in [0.05, 0.1) is 18.1 Å². The monoisotopic (exact) mass is 303 g/mol. The van der Waals surface area contributed by atoms with E-state index < -0.39 is 0 Å². The van der Waals surface area contributed by atoms with E-state index in [1.54, 1.807) is 12.1 Å². The van der Waals surface area contributed by atoms with E-state index in [0.717, 1.165) is 31.0 Å². The molecular weight excluding hydrogens is 279 g/mol. The third-order valence-corrected chi connectivity index (χ3v) is 5.68. The first-order chi connectivity index (χ1) is 10.7. The Hall–Kier alpha value is -1.42. The molecule has 0 aromatic heterocycles. The van der Waals surface area contributed by atoms with Gasteiger partial charge in [-0.2, -0.15) is 0 Å². The molecule has 1 aromatic carbocycles. The first kappa shape index (κ1) is 14.2. The Balaban J connectivity index is 1.41. The summed E-state index contributed by atoms with van der Waals surface area (Å²) in [5, 5.41) is 3.19. The highest BCUT2D eigenvalue weighted by molar-refractivity contribution is 5.94. The summed E-state index contributed by atoms with van der Waals surface area (Å²) in [5.74, 6) is -0.356. The van der Waals surface area contributed by atoms with Crippen LogP contribution in [0.15, 0.2) is 24.3 Å². The van der Waals surface area contributed by atoms with Crippen LogP contribution in [0.1, 0.15) is 55.3 Å². The third-order valence-electron chi connectivity index (χ3n) is 5.68. The van der Waals surface area contributed by atoms with E-state index in [0.29, 0.717) is 5.56 Å². The van der Waals surface area contributed by atoms with Crippen LogP contribution in [-0.4, -0.2) is 30.1 Å². The molecule has 1 aromatic rings. The number of hydrogen-bond acceptors (Lipinski definition) is 1. The molecule has 118 valence electrons. The van der Waals surface area contributed by atoms with Crippen LogP contribution in [0, 0.1) is 5.82 Å². The van der Waals surface area contributed by atoms with Crippen LogP contribution in [0.4, 0.5) is 4.39 Å². The van der Waals surface area contributed by atoms with Gasteiger partial charge in [-0.15, -0.1) is 0 Å². The molecule has 2 unspecified atom stereocenters. The van der Waals surface area contributed by atoms with E-state index in [1.807, 2.05) is 4.90 Å². The Morgan fingerprint density at radius 1 is 1.00 bits per heavy atom. The molecule has 3 nitrogen and oxygen atoms in total. The normalized spacial score (nSPS) is 34.2. The Morgan fingerprint density at radius 3 is 2.23 bits per heavy atom. The highest BCUT2D eigenvalue weighted by Crippen LogP contribution is 2.27. The average Bonchev–Trinajstić information content (AvgIpc) is 3.31. The number of amides is 1. The van der Waals surface area contributed by atoms with Crippen molar-refractivity contribution in [1.82, 2.24) is 5.32 Å². The van der Waals surface area contributed by atoms with Crippen molar-refractivity contribution in [3.63, 3.8) is 0 Å². The maximum absolute atomic E-state index is 13.0. The quantitative estimate of drug-likeness (QED) is 0.875. The van der Waals surface area contributed by atoms with Crippen LogP contribution in [0.2, 0.25) is 0 Å². The van der Waals surface area contributed by atoms with Crippen LogP contribution in [0.5, 0.6) is 0 Å². The molecule has 4 atom stereocenters. The first-order valence-electron chi connectivity index (χ1n) is 8.64. The van der Waals surface area contributed by atoms with Crippen LogP contribution in [0.3, 0.4) is 0 Å². The molecule has 2 saturated heterocycles. The molecule has 4 rings (SSSR count).